The Bertz CT molecular complexity index is 649. The van der Waals surface area contributed by atoms with Gasteiger partial charge in [0.15, 0.2) is 5.65 Å². The monoisotopic (exact) mass is 237 g/mol. The van der Waals surface area contributed by atoms with Gasteiger partial charge in [-0.05, 0) is 5.92 Å². The van der Waals surface area contributed by atoms with Gasteiger partial charge in [-0.3, -0.25) is 14.3 Å². The fourth-order valence-electron chi connectivity index (χ4n) is 1.72. The second-order valence-electron chi connectivity index (χ2n) is 4.35. The number of nitrogens with two attached hydrogens (primary N) is 1. The van der Waals surface area contributed by atoms with Gasteiger partial charge in [0.25, 0.3) is 5.56 Å². The smallest absolute Gasteiger partial charge is 0.330 e. The number of H-pyrrole nitrogens is 2. The molecular formula is C10H15N5O2. The topological polar surface area (TPSA) is 110 Å². The first kappa shape index (κ1) is 11.6. The fraction of sp³-hybridized carbons (Fsp3) is 0.500. The van der Waals surface area contributed by atoms with E-state index in [1.54, 1.807) is 0 Å². The quantitative estimate of drug-likeness (QED) is 0.670. The van der Waals surface area contributed by atoms with Crippen LogP contribution < -0.4 is 17.0 Å². The molecule has 2 aromatic rings. The van der Waals surface area contributed by atoms with Crippen LogP contribution in [-0.4, -0.2) is 19.5 Å². The number of aromatic amines is 2. The lowest BCUT2D eigenvalue weighted by Crippen LogP contribution is -2.31. The molecular weight excluding hydrogens is 222 g/mol. The zero-order valence-electron chi connectivity index (χ0n) is 9.78. The SMILES string of the molecule is CC(C)Cn1c(=O)[nH]c(=O)c2[nH]c(CN)nc21. The molecule has 0 saturated heterocycles. The van der Waals surface area contributed by atoms with E-state index in [0.717, 1.165) is 0 Å². The van der Waals surface area contributed by atoms with Crippen LogP contribution in [0.3, 0.4) is 0 Å². The molecule has 0 aromatic carbocycles. The van der Waals surface area contributed by atoms with E-state index in [9.17, 15) is 9.59 Å². The summed E-state index contributed by atoms with van der Waals surface area (Å²) in [6.07, 6.45) is 0. The average molecular weight is 237 g/mol. The molecule has 0 fully saturated rings. The van der Waals surface area contributed by atoms with Crippen LogP contribution in [0.25, 0.3) is 11.2 Å². The Labute approximate surface area is 96.7 Å². The average Bonchev–Trinajstić information content (AvgIpc) is 2.68. The van der Waals surface area contributed by atoms with E-state index in [4.69, 9.17) is 5.73 Å². The van der Waals surface area contributed by atoms with E-state index in [1.165, 1.54) is 4.57 Å². The summed E-state index contributed by atoms with van der Waals surface area (Å²) in [5, 5.41) is 0. The van der Waals surface area contributed by atoms with Gasteiger partial charge in [0, 0.05) is 6.54 Å². The number of nitrogens with one attached hydrogen (secondary N) is 2. The third-order valence-corrected chi connectivity index (χ3v) is 2.42. The summed E-state index contributed by atoms with van der Waals surface area (Å²) in [4.78, 5) is 32.5. The van der Waals surface area contributed by atoms with Crippen molar-refractivity contribution in [2.45, 2.75) is 26.9 Å². The maximum atomic E-state index is 11.7. The Morgan fingerprint density at radius 2 is 2.06 bits per heavy atom. The van der Waals surface area contributed by atoms with E-state index in [-0.39, 0.29) is 12.5 Å². The molecule has 7 heteroatoms. The lowest BCUT2D eigenvalue weighted by molar-refractivity contribution is 0.513. The molecule has 2 rings (SSSR count). The third kappa shape index (κ3) is 2.01. The molecule has 4 N–H and O–H groups in total. The zero-order valence-corrected chi connectivity index (χ0v) is 9.78. The van der Waals surface area contributed by atoms with Crippen molar-refractivity contribution < 1.29 is 0 Å². The lowest BCUT2D eigenvalue weighted by Gasteiger charge is -2.07. The number of hydrogen-bond acceptors (Lipinski definition) is 4. The Morgan fingerprint density at radius 3 is 2.65 bits per heavy atom. The molecule has 0 aliphatic rings. The van der Waals surface area contributed by atoms with Gasteiger partial charge in [0.2, 0.25) is 0 Å². The van der Waals surface area contributed by atoms with Gasteiger partial charge in [-0.25, -0.2) is 9.78 Å². The van der Waals surface area contributed by atoms with E-state index >= 15 is 0 Å². The van der Waals surface area contributed by atoms with Crippen molar-refractivity contribution in [3.63, 3.8) is 0 Å². The van der Waals surface area contributed by atoms with Crippen molar-refractivity contribution in [3.05, 3.63) is 26.7 Å². The molecule has 0 bridgehead atoms. The van der Waals surface area contributed by atoms with E-state index < -0.39 is 11.2 Å². The lowest BCUT2D eigenvalue weighted by atomic mass is 10.2. The summed E-state index contributed by atoms with van der Waals surface area (Å²) in [6, 6.07) is 0. The highest BCUT2D eigenvalue weighted by atomic mass is 16.2. The number of rotatable bonds is 3. The van der Waals surface area contributed by atoms with E-state index in [2.05, 4.69) is 15.0 Å². The standard InChI is InChI=1S/C10H15N5O2/c1-5(2)4-15-8-7(9(16)14-10(15)17)12-6(3-11)13-8/h5H,3-4,11H2,1-2H3,(H,12,13)(H,14,16,17). The fourth-order valence-corrected chi connectivity index (χ4v) is 1.72. The molecule has 7 nitrogen and oxygen atoms in total. The molecule has 0 unspecified atom stereocenters. The van der Waals surface area contributed by atoms with Crippen molar-refractivity contribution >= 4 is 11.2 Å². The maximum Gasteiger partial charge on any atom is 0.330 e. The van der Waals surface area contributed by atoms with Crippen molar-refractivity contribution in [1.82, 2.24) is 19.5 Å². The van der Waals surface area contributed by atoms with Gasteiger partial charge in [-0.2, -0.15) is 0 Å². The van der Waals surface area contributed by atoms with Crippen LogP contribution in [0.1, 0.15) is 19.7 Å². The van der Waals surface area contributed by atoms with Crippen LogP contribution >= 0.6 is 0 Å². The molecule has 17 heavy (non-hydrogen) atoms. The summed E-state index contributed by atoms with van der Waals surface area (Å²) >= 11 is 0. The van der Waals surface area contributed by atoms with Gasteiger partial charge in [-0.1, -0.05) is 13.8 Å². The van der Waals surface area contributed by atoms with Crippen LogP contribution in [0.2, 0.25) is 0 Å². The molecule has 0 spiro atoms. The van der Waals surface area contributed by atoms with Gasteiger partial charge in [0.05, 0.1) is 6.54 Å². The van der Waals surface area contributed by atoms with Crippen molar-refractivity contribution in [2.24, 2.45) is 11.7 Å². The van der Waals surface area contributed by atoms with E-state index in [0.29, 0.717) is 23.5 Å². The van der Waals surface area contributed by atoms with Gasteiger partial charge in [-0.15, -0.1) is 0 Å². The minimum absolute atomic E-state index is 0.198. The highest BCUT2D eigenvalue weighted by Crippen LogP contribution is 2.06. The molecule has 2 heterocycles. The minimum atomic E-state index is -0.461. The van der Waals surface area contributed by atoms with Crippen LogP contribution in [0.15, 0.2) is 9.59 Å². The van der Waals surface area contributed by atoms with Crippen molar-refractivity contribution in [3.8, 4) is 0 Å². The normalized spacial score (nSPS) is 11.5. The summed E-state index contributed by atoms with van der Waals surface area (Å²) in [7, 11) is 0. The summed E-state index contributed by atoms with van der Waals surface area (Å²) in [5.74, 6) is 0.772. The first-order valence-corrected chi connectivity index (χ1v) is 5.44. The molecule has 0 saturated carbocycles. The Morgan fingerprint density at radius 1 is 1.35 bits per heavy atom. The van der Waals surface area contributed by atoms with Gasteiger partial charge < -0.3 is 10.7 Å². The Kier molecular flexibility index (Phi) is 2.84. The van der Waals surface area contributed by atoms with Crippen LogP contribution in [-0.2, 0) is 13.1 Å². The third-order valence-electron chi connectivity index (χ3n) is 2.42. The molecule has 0 aliphatic heterocycles. The summed E-state index contributed by atoms with van der Waals surface area (Å²) < 4.78 is 1.46. The molecule has 2 aromatic heterocycles. The van der Waals surface area contributed by atoms with Crippen LogP contribution in [0.4, 0.5) is 0 Å². The zero-order chi connectivity index (χ0) is 12.6. The summed E-state index contributed by atoms with van der Waals surface area (Å²) in [6.45, 7) is 4.67. The van der Waals surface area contributed by atoms with Gasteiger partial charge >= 0.3 is 5.69 Å². The first-order chi connectivity index (χ1) is 8.02. The summed E-state index contributed by atoms with van der Waals surface area (Å²) in [5.41, 5.74) is 5.23. The molecule has 0 amide bonds. The second-order valence-corrected chi connectivity index (χ2v) is 4.35. The van der Waals surface area contributed by atoms with Crippen molar-refractivity contribution in [1.29, 1.82) is 0 Å². The van der Waals surface area contributed by atoms with Crippen LogP contribution in [0.5, 0.6) is 0 Å². The number of aromatic nitrogens is 4. The Hall–Kier alpha value is -1.89. The number of fused-ring (bicyclic) bond motifs is 1. The molecule has 0 radical (unpaired) electrons. The van der Waals surface area contributed by atoms with E-state index in [1.807, 2.05) is 13.8 Å². The number of nitrogens with zero attached hydrogens (tertiary/aromatic N) is 2. The number of hydrogen-bond donors (Lipinski definition) is 3. The number of imidazole rings is 1. The minimum Gasteiger partial charge on any atom is -0.335 e. The van der Waals surface area contributed by atoms with Gasteiger partial charge in [0.1, 0.15) is 11.3 Å². The highest BCUT2D eigenvalue weighted by Gasteiger charge is 2.12. The second kappa shape index (κ2) is 4.17. The Balaban J connectivity index is 2.77. The maximum absolute atomic E-state index is 11.7. The largest absolute Gasteiger partial charge is 0.335 e. The predicted molar refractivity (Wildman–Crippen MR) is 63.7 cm³/mol. The molecule has 0 atom stereocenters. The highest BCUT2D eigenvalue weighted by molar-refractivity contribution is 5.69. The van der Waals surface area contributed by atoms with Crippen molar-refractivity contribution in [2.75, 3.05) is 0 Å². The molecule has 92 valence electrons. The molecule has 0 aliphatic carbocycles. The van der Waals surface area contributed by atoms with Crippen LogP contribution in [0, 0.1) is 5.92 Å². The first-order valence-electron chi connectivity index (χ1n) is 5.44. The predicted octanol–water partition coefficient (Wildman–Crippen LogP) is -0.472.